The molecule has 1 atom stereocenters. The van der Waals surface area contributed by atoms with E-state index >= 15 is 0 Å². The van der Waals surface area contributed by atoms with Crippen molar-refractivity contribution < 1.29 is 9.13 Å². The number of nitrogens with one attached hydrogen (secondary N) is 2. The molecule has 2 N–H and O–H groups in total. The highest BCUT2D eigenvalue weighted by Gasteiger charge is 2.12. The van der Waals surface area contributed by atoms with Crippen LogP contribution in [-0.2, 0) is 4.74 Å². The standard InChI is InChI=1S/C19H21ClFN3OS/c1-13(22-19(26)23-15-4-7-18(21)17(20)12-15)14-2-5-16(6-3-14)24-8-10-25-11-9-24/h2-7,12-13H,8-11H2,1H3,(H2,22,23,26)/t13-/m1/s1. The third-order valence-corrected chi connectivity index (χ3v) is 4.80. The summed E-state index contributed by atoms with van der Waals surface area (Å²) in [6, 6.07) is 12.9. The number of thiocarbonyl (C=S) groups is 1. The number of nitrogens with zero attached hydrogens (tertiary/aromatic N) is 1. The van der Waals surface area contributed by atoms with Crippen LogP contribution in [0.1, 0.15) is 18.5 Å². The number of benzene rings is 2. The lowest BCUT2D eigenvalue weighted by Crippen LogP contribution is -2.36. The Morgan fingerprint density at radius 1 is 1.19 bits per heavy atom. The number of morpholine rings is 1. The van der Waals surface area contributed by atoms with Gasteiger partial charge in [-0.2, -0.15) is 0 Å². The fourth-order valence-electron chi connectivity index (χ4n) is 2.82. The van der Waals surface area contributed by atoms with Gasteiger partial charge in [-0.05, 0) is 55.0 Å². The van der Waals surface area contributed by atoms with Crippen LogP contribution in [0.15, 0.2) is 42.5 Å². The second-order valence-corrected chi connectivity index (χ2v) is 6.96. The summed E-state index contributed by atoms with van der Waals surface area (Å²) in [4.78, 5) is 2.32. The molecule has 1 aliphatic heterocycles. The molecule has 2 aromatic carbocycles. The topological polar surface area (TPSA) is 36.5 Å². The maximum Gasteiger partial charge on any atom is 0.171 e. The molecule has 1 aliphatic rings. The Bertz CT molecular complexity index is 766. The molecule has 0 aromatic heterocycles. The van der Waals surface area contributed by atoms with Crippen molar-refractivity contribution >= 4 is 40.3 Å². The molecular weight excluding hydrogens is 373 g/mol. The summed E-state index contributed by atoms with van der Waals surface area (Å²) in [5.41, 5.74) is 2.97. The Balaban J connectivity index is 1.57. The van der Waals surface area contributed by atoms with E-state index < -0.39 is 5.82 Å². The third kappa shape index (κ3) is 4.84. The first-order chi connectivity index (χ1) is 12.5. The lowest BCUT2D eigenvalue weighted by Gasteiger charge is -2.29. The molecule has 1 fully saturated rings. The minimum absolute atomic E-state index is 0.0321. The molecule has 138 valence electrons. The predicted molar refractivity (Wildman–Crippen MR) is 109 cm³/mol. The number of rotatable bonds is 4. The van der Waals surface area contributed by atoms with Crippen molar-refractivity contribution in [2.75, 3.05) is 36.5 Å². The average molecular weight is 394 g/mol. The van der Waals surface area contributed by atoms with E-state index in [0.29, 0.717) is 10.8 Å². The highest BCUT2D eigenvalue weighted by molar-refractivity contribution is 7.80. The first-order valence-corrected chi connectivity index (χ1v) is 9.27. The quantitative estimate of drug-likeness (QED) is 0.754. The smallest absolute Gasteiger partial charge is 0.171 e. The van der Waals surface area contributed by atoms with Crippen LogP contribution in [0.3, 0.4) is 0 Å². The number of hydrogen-bond donors (Lipinski definition) is 2. The summed E-state index contributed by atoms with van der Waals surface area (Å²) in [5.74, 6) is -0.454. The molecule has 0 saturated carbocycles. The highest BCUT2D eigenvalue weighted by Crippen LogP contribution is 2.21. The molecule has 0 aliphatic carbocycles. The zero-order chi connectivity index (χ0) is 18.5. The van der Waals surface area contributed by atoms with Gasteiger partial charge in [0.2, 0.25) is 0 Å². The molecule has 4 nitrogen and oxygen atoms in total. The molecular formula is C19H21ClFN3OS. The van der Waals surface area contributed by atoms with Gasteiger partial charge in [-0.15, -0.1) is 0 Å². The van der Waals surface area contributed by atoms with Gasteiger partial charge in [0.1, 0.15) is 5.82 Å². The Labute approximate surface area is 163 Å². The van der Waals surface area contributed by atoms with Crippen molar-refractivity contribution in [2.45, 2.75) is 13.0 Å². The highest BCUT2D eigenvalue weighted by atomic mass is 35.5. The molecule has 3 rings (SSSR count). The van der Waals surface area contributed by atoms with E-state index in [9.17, 15) is 4.39 Å². The largest absolute Gasteiger partial charge is 0.378 e. The van der Waals surface area contributed by atoms with Crippen molar-refractivity contribution in [3.8, 4) is 0 Å². The van der Waals surface area contributed by atoms with Crippen LogP contribution >= 0.6 is 23.8 Å². The molecule has 0 spiro atoms. The Hall–Kier alpha value is -1.89. The fraction of sp³-hybridized carbons (Fsp3) is 0.316. The number of hydrogen-bond acceptors (Lipinski definition) is 3. The van der Waals surface area contributed by atoms with Crippen molar-refractivity contribution in [1.82, 2.24) is 5.32 Å². The molecule has 0 unspecified atom stereocenters. The second-order valence-electron chi connectivity index (χ2n) is 6.14. The van der Waals surface area contributed by atoms with Crippen molar-refractivity contribution in [2.24, 2.45) is 0 Å². The first kappa shape index (κ1) is 18.9. The van der Waals surface area contributed by atoms with Crippen LogP contribution in [0.2, 0.25) is 5.02 Å². The lowest BCUT2D eigenvalue weighted by molar-refractivity contribution is 0.122. The maximum absolute atomic E-state index is 13.2. The number of anilines is 2. The predicted octanol–water partition coefficient (Wildman–Crippen LogP) is 4.36. The Morgan fingerprint density at radius 3 is 2.54 bits per heavy atom. The Kier molecular flexibility index (Phi) is 6.29. The summed E-state index contributed by atoms with van der Waals surface area (Å²) >= 11 is 11.1. The molecule has 1 heterocycles. The van der Waals surface area contributed by atoms with Crippen molar-refractivity contribution in [3.63, 3.8) is 0 Å². The molecule has 7 heteroatoms. The SMILES string of the molecule is C[C@@H](NC(=S)Nc1ccc(F)c(Cl)c1)c1ccc(N2CCOCC2)cc1. The van der Waals surface area contributed by atoms with Gasteiger partial charge < -0.3 is 20.3 Å². The maximum atomic E-state index is 13.2. The monoisotopic (exact) mass is 393 g/mol. The van der Waals surface area contributed by atoms with Crippen molar-refractivity contribution in [1.29, 1.82) is 0 Å². The first-order valence-electron chi connectivity index (χ1n) is 8.48. The van der Waals surface area contributed by atoms with E-state index in [1.807, 2.05) is 6.92 Å². The van der Waals surface area contributed by atoms with Gasteiger partial charge in [0.15, 0.2) is 5.11 Å². The van der Waals surface area contributed by atoms with Crippen LogP contribution in [0.5, 0.6) is 0 Å². The van der Waals surface area contributed by atoms with Gasteiger partial charge in [-0.3, -0.25) is 0 Å². The molecule has 0 amide bonds. The van der Waals surface area contributed by atoms with Gasteiger partial charge in [0.05, 0.1) is 24.3 Å². The second kappa shape index (κ2) is 8.66. The zero-order valence-corrected chi connectivity index (χ0v) is 16.0. The summed E-state index contributed by atoms with van der Waals surface area (Å²) in [5, 5.41) is 6.76. The fourth-order valence-corrected chi connectivity index (χ4v) is 3.29. The minimum atomic E-state index is -0.454. The summed E-state index contributed by atoms with van der Waals surface area (Å²) in [6.07, 6.45) is 0. The van der Waals surface area contributed by atoms with Gasteiger partial charge in [-0.25, -0.2) is 4.39 Å². The van der Waals surface area contributed by atoms with E-state index in [0.717, 1.165) is 31.9 Å². The third-order valence-electron chi connectivity index (χ3n) is 4.29. The summed E-state index contributed by atoms with van der Waals surface area (Å²) in [7, 11) is 0. The zero-order valence-electron chi connectivity index (χ0n) is 14.5. The van der Waals surface area contributed by atoms with Crippen molar-refractivity contribution in [3.05, 3.63) is 58.9 Å². The van der Waals surface area contributed by atoms with E-state index in [4.69, 9.17) is 28.6 Å². The van der Waals surface area contributed by atoms with E-state index in [2.05, 4.69) is 39.8 Å². The van der Waals surface area contributed by atoms with Crippen LogP contribution in [0.4, 0.5) is 15.8 Å². The lowest BCUT2D eigenvalue weighted by atomic mass is 10.1. The normalized spacial score (nSPS) is 15.4. The summed E-state index contributed by atoms with van der Waals surface area (Å²) < 4.78 is 18.6. The molecule has 0 bridgehead atoms. The molecule has 1 saturated heterocycles. The Morgan fingerprint density at radius 2 is 1.88 bits per heavy atom. The molecule has 2 aromatic rings. The van der Waals surface area contributed by atoms with Gasteiger partial charge >= 0.3 is 0 Å². The number of halogens is 2. The van der Waals surface area contributed by atoms with Crippen LogP contribution in [-0.4, -0.2) is 31.4 Å². The van der Waals surface area contributed by atoms with E-state index in [1.54, 1.807) is 6.07 Å². The van der Waals surface area contributed by atoms with E-state index in [-0.39, 0.29) is 11.1 Å². The van der Waals surface area contributed by atoms with Gasteiger partial charge in [0, 0.05) is 24.5 Å². The summed E-state index contributed by atoms with van der Waals surface area (Å²) in [6.45, 7) is 5.41. The minimum Gasteiger partial charge on any atom is -0.378 e. The van der Waals surface area contributed by atoms with Crippen LogP contribution < -0.4 is 15.5 Å². The average Bonchev–Trinajstić information content (AvgIpc) is 2.65. The van der Waals surface area contributed by atoms with Crippen LogP contribution in [0.25, 0.3) is 0 Å². The number of ether oxygens (including phenoxy) is 1. The van der Waals surface area contributed by atoms with E-state index in [1.165, 1.54) is 17.8 Å². The van der Waals surface area contributed by atoms with Gasteiger partial charge in [0.25, 0.3) is 0 Å². The van der Waals surface area contributed by atoms with Crippen LogP contribution in [0, 0.1) is 5.82 Å². The molecule has 26 heavy (non-hydrogen) atoms. The molecule has 0 radical (unpaired) electrons. The van der Waals surface area contributed by atoms with Gasteiger partial charge in [-0.1, -0.05) is 23.7 Å².